The van der Waals surface area contributed by atoms with E-state index >= 15 is 0 Å². The van der Waals surface area contributed by atoms with Crippen molar-refractivity contribution in [2.75, 3.05) is 14.2 Å². The average molecular weight is 271 g/mol. The molecule has 19 heavy (non-hydrogen) atoms. The van der Waals surface area contributed by atoms with Crippen LogP contribution in [0.25, 0.3) is 0 Å². The number of carboxylic acid groups (broad SMARTS) is 1. The molecule has 0 aliphatic carbocycles. The number of rotatable bonds is 7. The number of ether oxygens (including phenoxy) is 2. The average Bonchev–Trinajstić information content (AvgIpc) is 2.37. The highest BCUT2D eigenvalue weighted by atomic mass is 19.1. The van der Waals surface area contributed by atoms with Gasteiger partial charge in [-0.1, -0.05) is 0 Å². The summed E-state index contributed by atoms with van der Waals surface area (Å²) in [6.45, 7) is 0.257. The molecular formula is C13H18FNO4. The molecule has 0 bridgehead atoms. The van der Waals surface area contributed by atoms with Crippen LogP contribution in [0.5, 0.6) is 5.75 Å². The molecule has 5 nitrogen and oxygen atoms in total. The van der Waals surface area contributed by atoms with Crippen LogP contribution in [0.1, 0.15) is 30.0 Å². The fraction of sp³-hybridized carbons (Fsp3) is 0.462. The normalized spacial score (nSPS) is 12.2. The molecule has 3 N–H and O–H groups in total. The first-order valence-corrected chi connectivity index (χ1v) is 5.82. The van der Waals surface area contributed by atoms with Crippen molar-refractivity contribution < 1.29 is 23.8 Å². The number of hydrogen-bond acceptors (Lipinski definition) is 4. The van der Waals surface area contributed by atoms with Crippen LogP contribution in [-0.2, 0) is 16.1 Å². The van der Waals surface area contributed by atoms with Gasteiger partial charge in [-0.25, -0.2) is 4.39 Å². The summed E-state index contributed by atoms with van der Waals surface area (Å²) in [5.41, 5.74) is 7.14. The molecule has 0 amide bonds. The highest BCUT2D eigenvalue weighted by Crippen LogP contribution is 2.28. The summed E-state index contributed by atoms with van der Waals surface area (Å²) < 4.78 is 23.6. The van der Waals surface area contributed by atoms with Crippen molar-refractivity contribution in [1.29, 1.82) is 0 Å². The molecular weight excluding hydrogens is 253 g/mol. The number of aliphatic carboxylic acids is 1. The molecule has 0 heterocycles. The van der Waals surface area contributed by atoms with Gasteiger partial charge in [-0.3, -0.25) is 4.79 Å². The lowest BCUT2D eigenvalue weighted by Crippen LogP contribution is -2.15. The Balaban J connectivity index is 3.02. The number of methoxy groups -OCH3 is 2. The van der Waals surface area contributed by atoms with Crippen molar-refractivity contribution in [2.45, 2.75) is 25.5 Å². The lowest BCUT2D eigenvalue weighted by atomic mass is 9.97. The number of halogens is 1. The topological polar surface area (TPSA) is 81.8 Å². The Morgan fingerprint density at radius 2 is 2.16 bits per heavy atom. The maximum Gasteiger partial charge on any atom is 0.303 e. The van der Waals surface area contributed by atoms with Gasteiger partial charge in [0, 0.05) is 19.6 Å². The Morgan fingerprint density at radius 3 is 2.68 bits per heavy atom. The van der Waals surface area contributed by atoms with Gasteiger partial charge in [0.1, 0.15) is 0 Å². The molecule has 1 rings (SSSR count). The zero-order valence-electron chi connectivity index (χ0n) is 11.0. The Labute approximate surface area is 111 Å². The molecule has 6 heteroatoms. The van der Waals surface area contributed by atoms with Gasteiger partial charge in [-0.2, -0.15) is 0 Å². The van der Waals surface area contributed by atoms with E-state index in [9.17, 15) is 9.18 Å². The van der Waals surface area contributed by atoms with Crippen molar-refractivity contribution >= 4 is 5.97 Å². The molecule has 0 radical (unpaired) electrons. The first kappa shape index (κ1) is 15.4. The monoisotopic (exact) mass is 271 g/mol. The summed E-state index contributed by atoms with van der Waals surface area (Å²) >= 11 is 0. The second-order valence-corrected chi connectivity index (χ2v) is 4.16. The zero-order valence-corrected chi connectivity index (χ0v) is 11.0. The Morgan fingerprint density at radius 1 is 1.47 bits per heavy atom. The van der Waals surface area contributed by atoms with E-state index in [-0.39, 0.29) is 25.2 Å². The molecule has 0 fully saturated rings. The van der Waals surface area contributed by atoms with Gasteiger partial charge in [0.2, 0.25) is 0 Å². The summed E-state index contributed by atoms with van der Waals surface area (Å²) in [6.07, 6.45) is 0.166. The smallest absolute Gasteiger partial charge is 0.303 e. The molecule has 106 valence electrons. The third-order valence-corrected chi connectivity index (χ3v) is 2.78. The molecule has 0 aliphatic heterocycles. The van der Waals surface area contributed by atoms with Gasteiger partial charge < -0.3 is 20.3 Å². The number of carboxylic acids is 1. The van der Waals surface area contributed by atoms with Gasteiger partial charge >= 0.3 is 5.97 Å². The predicted molar refractivity (Wildman–Crippen MR) is 67.5 cm³/mol. The number of hydrogen-bond donors (Lipinski definition) is 2. The van der Waals surface area contributed by atoms with Gasteiger partial charge in [-0.05, 0) is 29.7 Å². The fourth-order valence-corrected chi connectivity index (χ4v) is 1.83. The van der Waals surface area contributed by atoms with Crippen LogP contribution in [0.15, 0.2) is 12.1 Å². The van der Waals surface area contributed by atoms with Crippen molar-refractivity contribution in [2.24, 2.45) is 5.73 Å². The van der Waals surface area contributed by atoms with Gasteiger partial charge in [0.05, 0.1) is 13.7 Å². The van der Waals surface area contributed by atoms with E-state index in [1.165, 1.54) is 26.4 Å². The maximum absolute atomic E-state index is 13.7. The number of carbonyl (C=O) groups is 1. The van der Waals surface area contributed by atoms with Gasteiger partial charge in [0.15, 0.2) is 11.6 Å². The SMILES string of the molecule is COCc1cc(OC)c(F)cc1C(N)CCC(=O)O. The van der Waals surface area contributed by atoms with Crippen LogP contribution in [0.3, 0.4) is 0 Å². The molecule has 0 aromatic heterocycles. The highest BCUT2D eigenvalue weighted by molar-refractivity contribution is 5.66. The zero-order chi connectivity index (χ0) is 14.4. The fourth-order valence-electron chi connectivity index (χ4n) is 1.83. The number of benzene rings is 1. The minimum Gasteiger partial charge on any atom is -0.494 e. The standard InChI is InChI=1S/C13H18FNO4/c1-18-7-8-5-12(19-2)10(14)6-9(8)11(15)3-4-13(16)17/h5-6,11H,3-4,7,15H2,1-2H3,(H,16,17). The molecule has 1 atom stereocenters. The number of nitrogens with two attached hydrogens (primary N) is 1. The van der Waals surface area contributed by atoms with E-state index in [1.54, 1.807) is 0 Å². The molecule has 1 aromatic carbocycles. The lowest BCUT2D eigenvalue weighted by Gasteiger charge is -2.17. The summed E-state index contributed by atoms with van der Waals surface area (Å²) in [5, 5.41) is 8.64. The molecule has 0 aliphatic rings. The lowest BCUT2D eigenvalue weighted by molar-refractivity contribution is -0.137. The van der Waals surface area contributed by atoms with E-state index in [2.05, 4.69) is 0 Å². The molecule has 0 spiro atoms. The highest BCUT2D eigenvalue weighted by Gasteiger charge is 2.16. The second-order valence-electron chi connectivity index (χ2n) is 4.16. The van der Waals surface area contributed by atoms with Crippen molar-refractivity contribution in [3.8, 4) is 5.75 Å². The van der Waals surface area contributed by atoms with Crippen LogP contribution in [0.4, 0.5) is 4.39 Å². The second kappa shape index (κ2) is 7.06. The molecule has 0 saturated carbocycles. The molecule has 1 aromatic rings. The van der Waals surface area contributed by atoms with Crippen molar-refractivity contribution in [3.63, 3.8) is 0 Å². The largest absolute Gasteiger partial charge is 0.494 e. The van der Waals surface area contributed by atoms with Crippen LogP contribution < -0.4 is 10.5 Å². The minimum absolute atomic E-state index is 0.0682. The Hall–Kier alpha value is -1.66. The first-order valence-electron chi connectivity index (χ1n) is 5.82. The van der Waals surface area contributed by atoms with E-state index < -0.39 is 17.8 Å². The Kier molecular flexibility index (Phi) is 5.72. The maximum atomic E-state index is 13.7. The van der Waals surface area contributed by atoms with Crippen molar-refractivity contribution in [1.82, 2.24) is 0 Å². The first-order chi connectivity index (χ1) is 8.99. The van der Waals surface area contributed by atoms with Crippen molar-refractivity contribution in [3.05, 3.63) is 29.1 Å². The van der Waals surface area contributed by atoms with E-state index in [0.717, 1.165) is 0 Å². The van der Waals surface area contributed by atoms with Crippen LogP contribution in [-0.4, -0.2) is 25.3 Å². The molecule has 1 unspecified atom stereocenters. The summed E-state index contributed by atoms with van der Waals surface area (Å²) in [7, 11) is 2.89. The van der Waals surface area contributed by atoms with E-state index in [4.69, 9.17) is 20.3 Å². The van der Waals surface area contributed by atoms with Crippen LogP contribution in [0, 0.1) is 5.82 Å². The molecule has 0 saturated heterocycles. The van der Waals surface area contributed by atoms with Gasteiger partial charge in [0.25, 0.3) is 0 Å². The van der Waals surface area contributed by atoms with Gasteiger partial charge in [-0.15, -0.1) is 0 Å². The third-order valence-electron chi connectivity index (χ3n) is 2.78. The van der Waals surface area contributed by atoms with E-state index in [0.29, 0.717) is 11.1 Å². The van der Waals surface area contributed by atoms with E-state index in [1.807, 2.05) is 0 Å². The van der Waals surface area contributed by atoms with Crippen LogP contribution >= 0.6 is 0 Å². The minimum atomic E-state index is -0.933. The third kappa shape index (κ3) is 4.18. The Bertz CT molecular complexity index is 451. The summed E-state index contributed by atoms with van der Waals surface area (Å²) in [6, 6.07) is 2.25. The quantitative estimate of drug-likeness (QED) is 0.790. The van der Waals surface area contributed by atoms with Crippen LogP contribution in [0.2, 0.25) is 0 Å². The summed E-state index contributed by atoms with van der Waals surface area (Å²) in [5.74, 6) is -1.35. The predicted octanol–water partition coefficient (Wildman–Crippen LogP) is 1.85. The summed E-state index contributed by atoms with van der Waals surface area (Å²) in [4.78, 5) is 10.5.